The molecule has 138 valence electrons. The van der Waals surface area contributed by atoms with E-state index in [9.17, 15) is 4.79 Å². The fourth-order valence-electron chi connectivity index (χ4n) is 2.89. The van der Waals surface area contributed by atoms with Crippen molar-refractivity contribution in [2.45, 2.75) is 34.6 Å². The number of anilines is 3. The third kappa shape index (κ3) is 4.31. The number of nitrogens with zero attached hydrogens (tertiary/aromatic N) is 2. The molecule has 27 heavy (non-hydrogen) atoms. The van der Waals surface area contributed by atoms with Crippen molar-refractivity contribution in [2.75, 3.05) is 10.6 Å². The molecule has 0 aliphatic heterocycles. The number of carbonyl (C=O) groups excluding carboxylic acids is 1. The highest BCUT2D eigenvalue weighted by Gasteiger charge is 2.13. The van der Waals surface area contributed by atoms with Crippen molar-refractivity contribution in [3.8, 4) is 0 Å². The molecule has 0 atom stereocenters. The highest BCUT2D eigenvalue weighted by Crippen LogP contribution is 2.22. The maximum Gasteiger partial charge on any atom is 0.274 e. The first-order valence-corrected chi connectivity index (χ1v) is 8.91. The topological polar surface area (TPSA) is 66.9 Å². The third-order valence-corrected chi connectivity index (χ3v) is 4.57. The van der Waals surface area contributed by atoms with Crippen molar-refractivity contribution in [3.05, 3.63) is 76.1 Å². The molecule has 1 heterocycles. The van der Waals surface area contributed by atoms with Crippen molar-refractivity contribution in [2.24, 2.45) is 0 Å². The zero-order chi connectivity index (χ0) is 19.6. The molecule has 3 rings (SSSR count). The van der Waals surface area contributed by atoms with Gasteiger partial charge in [0.2, 0.25) is 5.95 Å². The van der Waals surface area contributed by atoms with E-state index in [4.69, 9.17) is 0 Å². The Hall–Kier alpha value is -3.21. The molecule has 2 aromatic carbocycles. The lowest BCUT2D eigenvalue weighted by molar-refractivity contribution is 0.102. The van der Waals surface area contributed by atoms with Crippen molar-refractivity contribution < 1.29 is 4.79 Å². The van der Waals surface area contributed by atoms with Gasteiger partial charge in [-0.25, -0.2) is 9.97 Å². The summed E-state index contributed by atoms with van der Waals surface area (Å²) in [6.07, 6.45) is 0. The molecular weight excluding hydrogens is 336 g/mol. The van der Waals surface area contributed by atoms with Crippen LogP contribution < -0.4 is 10.6 Å². The lowest BCUT2D eigenvalue weighted by atomic mass is 10.1. The molecule has 5 heteroatoms. The number of aromatic nitrogens is 2. The SMILES string of the molecule is Cc1ccc(NC(=O)c2cc(C)nc(Nc3cccc(C)c3C)n2)c(C)c1. The second-order valence-electron chi connectivity index (χ2n) is 6.86. The van der Waals surface area contributed by atoms with E-state index < -0.39 is 0 Å². The maximum atomic E-state index is 12.7. The maximum absolute atomic E-state index is 12.7. The molecule has 1 amide bonds. The summed E-state index contributed by atoms with van der Waals surface area (Å²) in [4.78, 5) is 21.5. The zero-order valence-corrected chi connectivity index (χ0v) is 16.3. The van der Waals surface area contributed by atoms with E-state index in [1.165, 1.54) is 5.56 Å². The van der Waals surface area contributed by atoms with Crippen molar-refractivity contribution in [3.63, 3.8) is 0 Å². The smallest absolute Gasteiger partial charge is 0.274 e. The molecule has 1 aromatic heterocycles. The summed E-state index contributed by atoms with van der Waals surface area (Å²) in [6, 6.07) is 13.6. The molecule has 3 aromatic rings. The Morgan fingerprint density at radius 3 is 2.37 bits per heavy atom. The van der Waals surface area contributed by atoms with Crippen LogP contribution in [0, 0.1) is 34.6 Å². The fraction of sp³-hybridized carbons (Fsp3) is 0.227. The average Bonchev–Trinajstić information content (AvgIpc) is 2.61. The molecule has 0 spiro atoms. The first kappa shape index (κ1) is 18.6. The quantitative estimate of drug-likeness (QED) is 0.686. The predicted octanol–water partition coefficient (Wildman–Crippen LogP) is 5.01. The minimum atomic E-state index is -0.253. The number of hydrogen-bond acceptors (Lipinski definition) is 4. The fourth-order valence-corrected chi connectivity index (χ4v) is 2.89. The first-order valence-electron chi connectivity index (χ1n) is 8.91. The molecule has 0 radical (unpaired) electrons. The molecular formula is C22H24N4O. The van der Waals surface area contributed by atoms with Gasteiger partial charge < -0.3 is 10.6 Å². The Bertz CT molecular complexity index is 1010. The normalized spacial score (nSPS) is 10.6. The van der Waals surface area contributed by atoms with Crippen LogP contribution in [-0.4, -0.2) is 15.9 Å². The highest BCUT2D eigenvalue weighted by atomic mass is 16.1. The molecule has 0 aliphatic carbocycles. The molecule has 0 bridgehead atoms. The third-order valence-electron chi connectivity index (χ3n) is 4.57. The van der Waals surface area contributed by atoms with Crippen LogP contribution in [0.3, 0.4) is 0 Å². The Labute approximate surface area is 159 Å². The van der Waals surface area contributed by atoms with Crippen LogP contribution in [0.15, 0.2) is 42.5 Å². The summed E-state index contributed by atoms with van der Waals surface area (Å²) in [6.45, 7) is 9.95. The molecule has 0 fully saturated rings. The van der Waals surface area contributed by atoms with Gasteiger partial charge in [-0.1, -0.05) is 29.8 Å². The lowest BCUT2D eigenvalue weighted by Gasteiger charge is -2.12. The summed E-state index contributed by atoms with van der Waals surface area (Å²) in [7, 11) is 0. The van der Waals surface area contributed by atoms with E-state index in [1.807, 2.05) is 58.0 Å². The molecule has 0 saturated heterocycles. The number of nitrogens with one attached hydrogen (secondary N) is 2. The number of rotatable bonds is 4. The summed E-state index contributed by atoms with van der Waals surface area (Å²) in [5.41, 5.74) is 7.25. The Morgan fingerprint density at radius 1 is 0.852 bits per heavy atom. The monoisotopic (exact) mass is 360 g/mol. The van der Waals surface area contributed by atoms with Gasteiger partial charge in [0.15, 0.2) is 0 Å². The van der Waals surface area contributed by atoms with Crippen LogP contribution in [0.25, 0.3) is 0 Å². The predicted molar refractivity (Wildman–Crippen MR) is 110 cm³/mol. The van der Waals surface area contributed by atoms with Crippen LogP contribution in [-0.2, 0) is 0 Å². The lowest BCUT2D eigenvalue weighted by Crippen LogP contribution is -2.16. The van der Waals surface area contributed by atoms with E-state index >= 15 is 0 Å². The summed E-state index contributed by atoms with van der Waals surface area (Å²) < 4.78 is 0. The van der Waals surface area contributed by atoms with E-state index in [0.717, 1.165) is 33.8 Å². The van der Waals surface area contributed by atoms with Gasteiger partial charge in [0, 0.05) is 17.1 Å². The Balaban J connectivity index is 1.86. The van der Waals surface area contributed by atoms with Crippen molar-refractivity contribution in [1.82, 2.24) is 9.97 Å². The van der Waals surface area contributed by atoms with E-state index in [-0.39, 0.29) is 5.91 Å². The Morgan fingerprint density at radius 2 is 1.63 bits per heavy atom. The number of hydrogen-bond donors (Lipinski definition) is 2. The van der Waals surface area contributed by atoms with E-state index in [0.29, 0.717) is 11.6 Å². The van der Waals surface area contributed by atoms with Gasteiger partial charge in [-0.05, 0) is 69.5 Å². The van der Waals surface area contributed by atoms with Gasteiger partial charge in [0.25, 0.3) is 5.91 Å². The van der Waals surface area contributed by atoms with Crippen LogP contribution in [0.1, 0.15) is 38.4 Å². The number of amides is 1. The van der Waals surface area contributed by atoms with Gasteiger partial charge >= 0.3 is 0 Å². The number of aryl methyl sites for hydroxylation is 4. The second kappa shape index (κ2) is 7.58. The molecule has 0 unspecified atom stereocenters. The minimum absolute atomic E-state index is 0.253. The molecule has 0 aliphatic rings. The first-order chi connectivity index (χ1) is 12.8. The van der Waals surface area contributed by atoms with Gasteiger partial charge in [-0.15, -0.1) is 0 Å². The van der Waals surface area contributed by atoms with Crippen LogP contribution in [0.5, 0.6) is 0 Å². The summed E-state index contributed by atoms with van der Waals surface area (Å²) in [5, 5.41) is 6.17. The largest absolute Gasteiger partial charge is 0.324 e. The molecule has 0 saturated carbocycles. The molecule has 5 nitrogen and oxygen atoms in total. The van der Waals surface area contributed by atoms with Crippen LogP contribution in [0.4, 0.5) is 17.3 Å². The second-order valence-corrected chi connectivity index (χ2v) is 6.86. The number of carbonyl (C=O) groups is 1. The highest BCUT2D eigenvalue weighted by molar-refractivity contribution is 6.03. The van der Waals surface area contributed by atoms with Gasteiger partial charge in [0.1, 0.15) is 5.69 Å². The van der Waals surface area contributed by atoms with Gasteiger partial charge in [-0.2, -0.15) is 0 Å². The standard InChI is InChI=1S/C22H24N4O/c1-13-9-10-18(15(3)11-13)24-21(27)20-12-16(4)23-22(26-20)25-19-8-6-7-14(2)17(19)5/h6-12H,1-5H3,(H,24,27)(H,23,25,26). The van der Waals surface area contributed by atoms with Crippen molar-refractivity contribution in [1.29, 1.82) is 0 Å². The Kier molecular flexibility index (Phi) is 5.21. The van der Waals surface area contributed by atoms with Crippen LogP contribution in [0.2, 0.25) is 0 Å². The summed E-state index contributed by atoms with van der Waals surface area (Å²) in [5.74, 6) is 0.158. The molecule has 2 N–H and O–H groups in total. The zero-order valence-electron chi connectivity index (χ0n) is 16.3. The average molecular weight is 360 g/mol. The van der Waals surface area contributed by atoms with Crippen molar-refractivity contribution >= 4 is 23.2 Å². The van der Waals surface area contributed by atoms with E-state index in [1.54, 1.807) is 6.07 Å². The van der Waals surface area contributed by atoms with Gasteiger partial charge in [0.05, 0.1) is 0 Å². The summed E-state index contributed by atoms with van der Waals surface area (Å²) >= 11 is 0. The minimum Gasteiger partial charge on any atom is -0.324 e. The van der Waals surface area contributed by atoms with Crippen LogP contribution >= 0.6 is 0 Å². The van der Waals surface area contributed by atoms with Gasteiger partial charge in [-0.3, -0.25) is 4.79 Å². The van der Waals surface area contributed by atoms with E-state index in [2.05, 4.69) is 33.6 Å². The number of benzene rings is 2.